The second-order valence-corrected chi connectivity index (χ2v) is 6.67. The van der Waals surface area contributed by atoms with Crippen molar-refractivity contribution in [2.24, 2.45) is 0 Å². The highest BCUT2D eigenvalue weighted by atomic mass is 32.2. The number of aromatic nitrogens is 1. The minimum Gasteiger partial charge on any atom is -0.480 e. The largest absolute Gasteiger partial charge is 0.480 e. The van der Waals surface area contributed by atoms with Crippen LogP contribution in [0.2, 0.25) is 0 Å². The van der Waals surface area contributed by atoms with E-state index in [1.807, 2.05) is 29.8 Å². The molecule has 1 N–H and O–H groups in total. The lowest BCUT2D eigenvalue weighted by Crippen LogP contribution is -2.42. The van der Waals surface area contributed by atoms with E-state index in [4.69, 9.17) is 0 Å². The zero-order chi connectivity index (χ0) is 15.7. The molecule has 1 aliphatic heterocycles. The Labute approximate surface area is 133 Å². The third-order valence-electron chi connectivity index (χ3n) is 4.15. The molecule has 4 nitrogen and oxygen atoms in total. The zero-order valence-corrected chi connectivity index (χ0v) is 13.1. The maximum atomic E-state index is 13.0. The number of hydrogen-bond acceptors (Lipinski definition) is 3. The molecule has 3 rings (SSSR count). The molecule has 0 amide bonds. The van der Waals surface area contributed by atoms with Crippen molar-refractivity contribution in [1.29, 1.82) is 0 Å². The van der Waals surface area contributed by atoms with Gasteiger partial charge < -0.3 is 9.67 Å². The van der Waals surface area contributed by atoms with Crippen molar-refractivity contribution in [2.75, 3.05) is 5.75 Å². The van der Waals surface area contributed by atoms with Gasteiger partial charge in [-0.1, -0.05) is 19.1 Å². The van der Waals surface area contributed by atoms with Crippen LogP contribution in [-0.4, -0.2) is 27.2 Å². The smallest absolute Gasteiger partial charge is 0.323 e. The van der Waals surface area contributed by atoms with E-state index in [0.717, 1.165) is 10.6 Å². The molecule has 2 aromatic rings. The zero-order valence-electron chi connectivity index (χ0n) is 12.3. The molecule has 2 heterocycles. The number of carboxylic acids is 1. The molecule has 1 aliphatic rings. The monoisotopic (exact) mass is 315 g/mol. The van der Waals surface area contributed by atoms with Gasteiger partial charge in [0.2, 0.25) is 0 Å². The number of benzene rings is 1. The first-order valence-electron chi connectivity index (χ1n) is 7.26. The number of carbonyl (C=O) groups excluding carboxylic acids is 1. The van der Waals surface area contributed by atoms with E-state index in [0.29, 0.717) is 24.2 Å². The van der Waals surface area contributed by atoms with Crippen LogP contribution in [0.1, 0.15) is 29.4 Å². The molecule has 1 aromatic carbocycles. The fraction of sp³-hybridized carbons (Fsp3) is 0.294. The molecule has 0 radical (unpaired) electrons. The summed E-state index contributed by atoms with van der Waals surface area (Å²) in [5.74, 6) is -0.482. The Bertz CT molecular complexity index is 737. The Morgan fingerprint density at radius 3 is 2.86 bits per heavy atom. The van der Waals surface area contributed by atoms with Crippen LogP contribution in [0.4, 0.5) is 0 Å². The number of carboxylic acid groups (broad SMARTS) is 1. The number of rotatable bonds is 5. The quantitative estimate of drug-likeness (QED) is 0.523. The number of aryl methyl sites for hydroxylation is 1. The number of ketones is 1. The molecule has 1 unspecified atom stereocenters. The number of Topliss-reactive ketones (excluding diaryl/α,β-unsaturated/α-hetero) is 1. The number of carbonyl (C=O) groups is 2. The summed E-state index contributed by atoms with van der Waals surface area (Å²) in [6.07, 6.45) is 2.14. The summed E-state index contributed by atoms with van der Waals surface area (Å²) in [5, 5.41) is 9.79. The van der Waals surface area contributed by atoms with E-state index in [1.54, 1.807) is 36.0 Å². The molecular weight excluding hydrogens is 298 g/mol. The minimum absolute atomic E-state index is 0.308. The summed E-state index contributed by atoms with van der Waals surface area (Å²) in [7, 11) is 0. The molecule has 0 spiro atoms. The van der Waals surface area contributed by atoms with E-state index in [-0.39, 0.29) is 5.78 Å². The van der Waals surface area contributed by atoms with E-state index >= 15 is 0 Å². The van der Waals surface area contributed by atoms with Gasteiger partial charge in [-0.05, 0) is 36.4 Å². The van der Waals surface area contributed by atoms with Gasteiger partial charge in [-0.25, -0.2) is 0 Å². The first-order valence-corrected chi connectivity index (χ1v) is 8.25. The van der Waals surface area contributed by atoms with Crippen LogP contribution in [0.3, 0.4) is 0 Å². The Hall–Kier alpha value is -2.01. The van der Waals surface area contributed by atoms with Crippen molar-refractivity contribution in [2.45, 2.75) is 30.2 Å². The van der Waals surface area contributed by atoms with Crippen LogP contribution >= 0.6 is 11.8 Å². The van der Waals surface area contributed by atoms with E-state index in [1.165, 1.54) is 0 Å². The maximum absolute atomic E-state index is 13.0. The highest BCUT2D eigenvalue weighted by molar-refractivity contribution is 7.99. The maximum Gasteiger partial charge on any atom is 0.323 e. The number of thioether (sulfide) groups is 1. The highest BCUT2D eigenvalue weighted by Crippen LogP contribution is 2.39. The molecule has 5 heteroatoms. The van der Waals surface area contributed by atoms with Crippen LogP contribution in [0, 0.1) is 0 Å². The Morgan fingerprint density at radius 2 is 2.14 bits per heavy atom. The first kappa shape index (κ1) is 14.9. The van der Waals surface area contributed by atoms with Gasteiger partial charge in [0.05, 0.1) is 0 Å². The van der Waals surface area contributed by atoms with Gasteiger partial charge in [0, 0.05) is 28.9 Å². The SMILES string of the molecule is CCSc1cccc(C(=O)C2(C(=O)O)CCn3cccc32)c1. The lowest BCUT2D eigenvalue weighted by molar-refractivity contribution is -0.141. The normalized spacial score (nSPS) is 19.9. The van der Waals surface area contributed by atoms with Crippen molar-refractivity contribution < 1.29 is 14.7 Å². The second-order valence-electron chi connectivity index (χ2n) is 5.34. The minimum atomic E-state index is -1.46. The fourth-order valence-electron chi connectivity index (χ4n) is 3.10. The van der Waals surface area contributed by atoms with E-state index in [9.17, 15) is 14.7 Å². The number of hydrogen-bond donors (Lipinski definition) is 1. The average molecular weight is 315 g/mol. The van der Waals surface area contributed by atoms with Gasteiger partial charge in [0.1, 0.15) is 0 Å². The predicted molar refractivity (Wildman–Crippen MR) is 85.5 cm³/mol. The first-order chi connectivity index (χ1) is 10.6. The summed E-state index contributed by atoms with van der Waals surface area (Å²) in [6, 6.07) is 10.8. The van der Waals surface area contributed by atoms with Crippen LogP contribution in [0.25, 0.3) is 0 Å². The Balaban J connectivity index is 2.06. The van der Waals surface area contributed by atoms with Crippen LogP contribution in [-0.2, 0) is 16.8 Å². The topological polar surface area (TPSA) is 59.3 Å². The Morgan fingerprint density at radius 1 is 1.32 bits per heavy atom. The van der Waals surface area contributed by atoms with Gasteiger partial charge in [-0.15, -0.1) is 11.8 Å². The Kier molecular flexibility index (Phi) is 3.83. The van der Waals surface area contributed by atoms with Crippen molar-refractivity contribution >= 4 is 23.5 Å². The number of fused-ring (bicyclic) bond motifs is 1. The number of aliphatic carboxylic acids is 1. The highest BCUT2D eigenvalue weighted by Gasteiger charge is 2.52. The number of nitrogens with zero attached hydrogens (tertiary/aromatic N) is 1. The van der Waals surface area contributed by atoms with Crippen LogP contribution in [0.15, 0.2) is 47.5 Å². The standard InChI is InChI=1S/C17H17NO3S/c1-2-22-13-6-3-5-12(11-13)15(19)17(16(20)21)8-10-18-9-4-7-14(17)18/h3-7,9,11H,2,8,10H2,1H3,(H,20,21). The van der Waals surface area contributed by atoms with Gasteiger partial charge in [-0.2, -0.15) is 0 Å². The summed E-state index contributed by atoms with van der Waals surface area (Å²) in [5.41, 5.74) is -0.409. The molecule has 0 saturated carbocycles. The molecule has 114 valence electrons. The lowest BCUT2D eigenvalue weighted by Gasteiger charge is -2.22. The average Bonchev–Trinajstić information content (AvgIpc) is 3.09. The van der Waals surface area contributed by atoms with Crippen LogP contribution < -0.4 is 0 Å². The molecule has 0 aliphatic carbocycles. The third kappa shape index (κ3) is 2.16. The van der Waals surface area contributed by atoms with Crippen molar-refractivity contribution in [1.82, 2.24) is 4.57 Å². The molecular formula is C17H17NO3S. The van der Waals surface area contributed by atoms with Gasteiger partial charge in [0.15, 0.2) is 11.2 Å². The van der Waals surface area contributed by atoms with Crippen molar-refractivity contribution in [3.63, 3.8) is 0 Å². The van der Waals surface area contributed by atoms with Gasteiger partial charge in [0.25, 0.3) is 0 Å². The fourth-order valence-corrected chi connectivity index (χ4v) is 3.81. The van der Waals surface area contributed by atoms with Crippen molar-refractivity contribution in [3.05, 3.63) is 53.9 Å². The van der Waals surface area contributed by atoms with Crippen LogP contribution in [0.5, 0.6) is 0 Å². The molecule has 0 fully saturated rings. The van der Waals surface area contributed by atoms with E-state index in [2.05, 4.69) is 0 Å². The molecule has 1 atom stereocenters. The molecule has 22 heavy (non-hydrogen) atoms. The van der Waals surface area contributed by atoms with E-state index < -0.39 is 11.4 Å². The third-order valence-corrected chi connectivity index (χ3v) is 5.03. The summed E-state index contributed by atoms with van der Waals surface area (Å²) in [4.78, 5) is 26.0. The predicted octanol–water partition coefficient (Wildman–Crippen LogP) is 3.21. The van der Waals surface area contributed by atoms with Gasteiger partial charge >= 0.3 is 5.97 Å². The summed E-state index contributed by atoms with van der Waals surface area (Å²) in [6.45, 7) is 2.60. The molecule has 0 saturated heterocycles. The molecule has 0 bridgehead atoms. The molecule has 1 aromatic heterocycles. The van der Waals surface area contributed by atoms with Crippen molar-refractivity contribution in [3.8, 4) is 0 Å². The second kappa shape index (κ2) is 5.65. The summed E-state index contributed by atoms with van der Waals surface area (Å²) >= 11 is 1.64. The van der Waals surface area contributed by atoms with Gasteiger partial charge in [-0.3, -0.25) is 9.59 Å². The summed E-state index contributed by atoms with van der Waals surface area (Å²) < 4.78 is 1.86. The lowest BCUT2D eigenvalue weighted by atomic mass is 9.76.